The number of nitro groups is 1. The summed E-state index contributed by atoms with van der Waals surface area (Å²) >= 11 is 0. The first-order chi connectivity index (χ1) is 11.3. The lowest BCUT2D eigenvalue weighted by atomic mass is 10.1. The van der Waals surface area contributed by atoms with Gasteiger partial charge in [-0.1, -0.05) is 0 Å². The third-order valence-electron chi connectivity index (χ3n) is 3.55. The van der Waals surface area contributed by atoms with Crippen LogP contribution in [0.5, 0.6) is 5.75 Å². The first kappa shape index (κ1) is 15.2. The second-order valence-electron chi connectivity index (χ2n) is 4.94. The molecule has 0 atom stereocenters. The molecule has 0 aromatic heterocycles. The molecule has 9 heteroatoms. The molecule has 2 amide bonds. The number of imide groups is 1. The third-order valence-corrected chi connectivity index (χ3v) is 3.55. The van der Waals surface area contributed by atoms with Gasteiger partial charge in [-0.2, -0.15) is 0 Å². The molecule has 0 aliphatic carbocycles. The highest BCUT2D eigenvalue weighted by atomic mass is 16.6. The molecular formula is C15H8N2O7. The van der Waals surface area contributed by atoms with Crippen molar-refractivity contribution in [3.05, 3.63) is 63.2 Å². The highest BCUT2D eigenvalue weighted by molar-refractivity contribution is 6.34. The fourth-order valence-electron chi connectivity index (χ4n) is 2.42. The lowest BCUT2D eigenvalue weighted by molar-refractivity contribution is -0.384. The van der Waals surface area contributed by atoms with E-state index in [0.717, 1.165) is 29.2 Å². The Balaban J connectivity index is 2.06. The molecule has 3 rings (SSSR count). The zero-order valence-corrected chi connectivity index (χ0v) is 11.8. The standard InChI is InChI=1S/C15H8N2O7/c18-12-6-7(1-4-10(12)15(21)22)16-13(19)9-3-2-8(17(23)24)5-11(9)14(16)20/h1-6,18H,(H,21,22). The third kappa shape index (κ3) is 2.15. The number of nitrogens with zero attached hydrogens (tertiary/aromatic N) is 2. The number of carboxylic acid groups (broad SMARTS) is 1. The van der Waals surface area contributed by atoms with E-state index in [1.165, 1.54) is 12.1 Å². The first-order valence-electron chi connectivity index (χ1n) is 6.55. The number of aromatic carboxylic acids is 1. The van der Waals surface area contributed by atoms with Crippen molar-refractivity contribution in [1.82, 2.24) is 0 Å². The minimum absolute atomic E-state index is 0.00704. The molecule has 0 unspecified atom stereocenters. The molecule has 2 N–H and O–H groups in total. The number of aromatic hydroxyl groups is 1. The molecule has 1 aliphatic heterocycles. The molecule has 0 spiro atoms. The van der Waals surface area contributed by atoms with E-state index in [1.54, 1.807) is 0 Å². The minimum Gasteiger partial charge on any atom is -0.507 e. The van der Waals surface area contributed by atoms with Crippen molar-refractivity contribution >= 4 is 29.2 Å². The van der Waals surface area contributed by atoms with Crippen LogP contribution < -0.4 is 4.90 Å². The summed E-state index contributed by atoms with van der Waals surface area (Å²) in [6, 6.07) is 6.51. The minimum atomic E-state index is -1.36. The Morgan fingerprint density at radius 1 is 1.04 bits per heavy atom. The lowest BCUT2D eigenvalue weighted by Gasteiger charge is -2.14. The molecule has 0 radical (unpaired) electrons. The van der Waals surface area contributed by atoms with E-state index in [-0.39, 0.29) is 28.1 Å². The Labute approximate surface area is 133 Å². The molecular weight excluding hydrogens is 320 g/mol. The number of non-ortho nitro benzene ring substituents is 1. The van der Waals surface area contributed by atoms with Crippen LogP contribution in [0.2, 0.25) is 0 Å². The summed E-state index contributed by atoms with van der Waals surface area (Å²) in [6.07, 6.45) is 0. The van der Waals surface area contributed by atoms with Crippen molar-refractivity contribution in [1.29, 1.82) is 0 Å². The van der Waals surface area contributed by atoms with Crippen LogP contribution in [0.3, 0.4) is 0 Å². The van der Waals surface area contributed by atoms with Gasteiger partial charge < -0.3 is 10.2 Å². The van der Waals surface area contributed by atoms with Gasteiger partial charge in [-0.25, -0.2) is 9.69 Å². The Kier molecular flexibility index (Phi) is 3.26. The molecule has 0 fully saturated rings. The van der Waals surface area contributed by atoms with Crippen LogP contribution in [-0.4, -0.2) is 32.9 Å². The highest BCUT2D eigenvalue weighted by Gasteiger charge is 2.38. The molecule has 2 aromatic carbocycles. The number of carbonyl (C=O) groups is 3. The van der Waals surface area contributed by atoms with Gasteiger partial charge >= 0.3 is 5.97 Å². The van der Waals surface area contributed by atoms with E-state index in [0.29, 0.717) is 0 Å². The largest absolute Gasteiger partial charge is 0.507 e. The first-order valence-corrected chi connectivity index (χ1v) is 6.55. The van der Waals surface area contributed by atoms with E-state index in [9.17, 15) is 29.6 Å². The van der Waals surface area contributed by atoms with Gasteiger partial charge in [0, 0.05) is 18.2 Å². The van der Waals surface area contributed by atoms with Crippen LogP contribution in [0.15, 0.2) is 36.4 Å². The van der Waals surface area contributed by atoms with Gasteiger partial charge in [0.2, 0.25) is 0 Å². The van der Waals surface area contributed by atoms with Crippen LogP contribution in [0.4, 0.5) is 11.4 Å². The molecule has 0 saturated heterocycles. The van der Waals surface area contributed by atoms with E-state index < -0.39 is 28.5 Å². The summed E-state index contributed by atoms with van der Waals surface area (Å²) in [4.78, 5) is 46.5. The highest BCUT2D eigenvalue weighted by Crippen LogP contribution is 2.33. The summed E-state index contributed by atoms with van der Waals surface area (Å²) in [5.74, 6) is -3.48. The van der Waals surface area contributed by atoms with Crippen molar-refractivity contribution < 1.29 is 29.5 Å². The monoisotopic (exact) mass is 328 g/mol. The van der Waals surface area contributed by atoms with Crippen molar-refractivity contribution in [2.24, 2.45) is 0 Å². The number of rotatable bonds is 3. The molecule has 1 heterocycles. The van der Waals surface area contributed by atoms with Crippen molar-refractivity contribution in [2.75, 3.05) is 4.90 Å². The molecule has 0 bridgehead atoms. The molecule has 2 aromatic rings. The number of carboxylic acids is 1. The van der Waals surface area contributed by atoms with Crippen LogP contribution >= 0.6 is 0 Å². The van der Waals surface area contributed by atoms with Crippen molar-refractivity contribution in [3.8, 4) is 5.75 Å². The van der Waals surface area contributed by atoms with Gasteiger partial charge in [0.25, 0.3) is 17.5 Å². The summed E-state index contributed by atoms with van der Waals surface area (Å²) in [5.41, 5.74) is -0.887. The number of anilines is 1. The number of amides is 2. The Morgan fingerprint density at radius 3 is 2.29 bits per heavy atom. The Hall–Kier alpha value is -3.75. The van der Waals surface area contributed by atoms with Gasteiger partial charge in [0.05, 0.1) is 21.7 Å². The van der Waals surface area contributed by atoms with Crippen LogP contribution in [0, 0.1) is 10.1 Å². The number of carbonyl (C=O) groups excluding carboxylic acids is 2. The molecule has 120 valence electrons. The van der Waals surface area contributed by atoms with Gasteiger partial charge in [0.15, 0.2) is 0 Å². The lowest BCUT2D eigenvalue weighted by Crippen LogP contribution is -2.29. The number of hydrogen-bond donors (Lipinski definition) is 2. The SMILES string of the molecule is O=C(O)c1ccc(N2C(=O)c3ccc([N+](=O)[O-])cc3C2=O)cc1O. The average Bonchev–Trinajstić information content (AvgIpc) is 2.77. The fourth-order valence-corrected chi connectivity index (χ4v) is 2.42. The predicted octanol–water partition coefficient (Wildman–Crippen LogP) is 1.80. The number of fused-ring (bicyclic) bond motifs is 1. The van der Waals surface area contributed by atoms with Gasteiger partial charge in [0.1, 0.15) is 11.3 Å². The van der Waals surface area contributed by atoms with Crippen molar-refractivity contribution in [3.63, 3.8) is 0 Å². The number of nitro benzene ring substituents is 1. The van der Waals surface area contributed by atoms with Crippen molar-refractivity contribution in [2.45, 2.75) is 0 Å². The fraction of sp³-hybridized carbons (Fsp3) is 0. The zero-order valence-electron chi connectivity index (χ0n) is 11.8. The van der Waals surface area contributed by atoms with Gasteiger partial charge in [-0.15, -0.1) is 0 Å². The molecule has 24 heavy (non-hydrogen) atoms. The second kappa shape index (κ2) is 5.16. The zero-order chi connectivity index (χ0) is 17.6. The Morgan fingerprint density at radius 2 is 1.71 bits per heavy atom. The topological polar surface area (TPSA) is 138 Å². The predicted molar refractivity (Wildman–Crippen MR) is 79.3 cm³/mol. The second-order valence-corrected chi connectivity index (χ2v) is 4.94. The van der Waals surface area contributed by atoms with Gasteiger partial charge in [-0.05, 0) is 18.2 Å². The summed E-state index contributed by atoms with van der Waals surface area (Å²) < 4.78 is 0. The summed E-state index contributed by atoms with van der Waals surface area (Å²) in [5, 5.41) is 29.4. The average molecular weight is 328 g/mol. The summed E-state index contributed by atoms with van der Waals surface area (Å²) in [7, 11) is 0. The quantitative estimate of drug-likeness (QED) is 0.497. The number of phenols is 1. The molecule has 0 saturated carbocycles. The maximum Gasteiger partial charge on any atom is 0.339 e. The smallest absolute Gasteiger partial charge is 0.339 e. The normalized spacial score (nSPS) is 13.1. The number of hydrogen-bond acceptors (Lipinski definition) is 6. The van der Waals surface area contributed by atoms with Gasteiger partial charge in [-0.3, -0.25) is 19.7 Å². The number of benzene rings is 2. The van der Waals surface area contributed by atoms with E-state index >= 15 is 0 Å². The van der Waals surface area contributed by atoms with E-state index in [2.05, 4.69) is 0 Å². The Bertz CT molecular complexity index is 935. The van der Waals surface area contributed by atoms with E-state index in [4.69, 9.17) is 5.11 Å². The molecule has 1 aliphatic rings. The van der Waals surface area contributed by atoms with E-state index in [1.807, 2.05) is 0 Å². The van der Waals surface area contributed by atoms with Crippen LogP contribution in [0.1, 0.15) is 31.1 Å². The maximum atomic E-state index is 12.4. The van der Waals surface area contributed by atoms with Crippen LogP contribution in [-0.2, 0) is 0 Å². The summed E-state index contributed by atoms with van der Waals surface area (Å²) in [6.45, 7) is 0. The maximum absolute atomic E-state index is 12.4. The van der Waals surface area contributed by atoms with Crippen LogP contribution in [0.25, 0.3) is 0 Å². The molecule has 9 nitrogen and oxygen atoms in total.